The minimum absolute atomic E-state index is 0.00526. The molecule has 0 saturated carbocycles. The monoisotopic (exact) mass is 247 g/mol. The standard InChI is InChI=1S/C10H17NO4S/c12-6-9-4-11(5-9)10(13)3-8-1-2-16(14,15)7-8/h8-9,12H,1-7H2. The van der Waals surface area contributed by atoms with E-state index in [0.29, 0.717) is 25.9 Å². The van der Waals surface area contributed by atoms with Crippen LogP contribution in [0.25, 0.3) is 0 Å². The number of amides is 1. The number of likely N-dealkylation sites (tertiary alicyclic amines) is 1. The summed E-state index contributed by atoms with van der Waals surface area (Å²) in [6.07, 6.45) is 0.961. The largest absolute Gasteiger partial charge is 0.396 e. The Morgan fingerprint density at radius 2 is 2.00 bits per heavy atom. The molecule has 0 radical (unpaired) electrons. The van der Waals surface area contributed by atoms with E-state index in [1.165, 1.54) is 0 Å². The van der Waals surface area contributed by atoms with Crippen molar-refractivity contribution in [3.05, 3.63) is 0 Å². The zero-order valence-electron chi connectivity index (χ0n) is 9.13. The molecule has 6 heteroatoms. The SMILES string of the molecule is O=C(CC1CCS(=O)(=O)C1)N1CC(CO)C1. The summed E-state index contributed by atoms with van der Waals surface area (Å²) in [7, 11) is -2.88. The summed E-state index contributed by atoms with van der Waals surface area (Å²) in [4.78, 5) is 13.4. The third kappa shape index (κ3) is 2.55. The quantitative estimate of drug-likeness (QED) is 0.713. The van der Waals surface area contributed by atoms with Crippen molar-refractivity contribution in [2.75, 3.05) is 31.2 Å². The van der Waals surface area contributed by atoms with Crippen LogP contribution in [0.3, 0.4) is 0 Å². The topological polar surface area (TPSA) is 74.7 Å². The molecular weight excluding hydrogens is 230 g/mol. The Hall–Kier alpha value is -0.620. The van der Waals surface area contributed by atoms with Gasteiger partial charge in [0, 0.05) is 32.0 Å². The molecule has 1 unspecified atom stereocenters. The molecule has 1 amide bonds. The third-order valence-corrected chi connectivity index (χ3v) is 5.20. The molecule has 0 aliphatic carbocycles. The summed E-state index contributed by atoms with van der Waals surface area (Å²) >= 11 is 0. The lowest BCUT2D eigenvalue weighted by molar-refractivity contribution is -0.139. The maximum atomic E-state index is 11.7. The lowest BCUT2D eigenvalue weighted by atomic mass is 9.98. The highest BCUT2D eigenvalue weighted by atomic mass is 32.2. The van der Waals surface area contributed by atoms with Gasteiger partial charge in [0.05, 0.1) is 11.5 Å². The maximum Gasteiger partial charge on any atom is 0.222 e. The van der Waals surface area contributed by atoms with E-state index in [0.717, 1.165) is 0 Å². The first-order valence-electron chi connectivity index (χ1n) is 5.59. The van der Waals surface area contributed by atoms with Gasteiger partial charge in [0.2, 0.25) is 5.91 Å². The normalized spacial score (nSPS) is 29.1. The lowest BCUT2D eigenvalue weighted by Gasteiger charge is -2.38. The molecule has 1 atom stereocenters. The Balaban J connectivity index is 1.77. The van der Waals surface area contributed by atoms with Crippen molar-refractivity contribution < 1.29 is 18.3 Å². The van der Waals surface area contributed by atoms with Gasteiger partial charge in [0.25, 0.3) is 0 Å². The molecule has 5 nitrogen and oxygen atoms in total. The van der Waals surface area contributed by atoms with E-state index in [-0.39, 0.29) is 35.9 Å². The van der Waals surface area contributed by atoms with Gasteiger partial charge in [-0.05, 0) is 12.3 Å². The Bertz CT molecular complexity index is 372. The van der Waals surface area contributed by atoms with Crippen molar-refractivity contribution in [1.29, 1.82) is 0 Å². The molecule has 2 heterocycles. The Labute approximate surface area is 95.4 Å². The van der Waals surface area contributed by atoms with E-state index in [1.807, 2.05) is 0 Å². The second-order valence-electron chi connectivity index (χ2n) is 4.82. The number of hydrogen-bond acceptors (Lipinski definition) is 4. The van der Waals surface area contributed by atoms with E-state index in [4.69, 9.17) is 5.11 Å². The zero-order valence-corrected chi connectivity index (χ0v) is 9.95. The average Bonchev–Trinajstić information content (AvgIpc) is 2.43. The van der Waals surface area contributed by atoms with Gasteiger partial charge in [-0.1, -0.05) is 0 Å². The van der Waals surface area contributed by atoms with Gasteiger partial charge in [-0.2, -0.15) is 0 Å². The second-order valence-corrected chi connectivity index (χ2v) is 7.05. The molecule has 0 bridgehead atoms. The first kappa shape index (κ1) is 11.9. The van der Waals surface area contributed by atoms with Crippen LogP contribution in [0, 0.1) is 11.8 Å². The smallest absolute Gasteiger partial charge is 0.222 e. The molecule has 0 aromatic rings. The Morgan fingerprint density at radius 1 is 1.31 bits per heavy atom. The minimum Gasteiger partial charge on any atom is -0.396 e. The molecule has 1 N–H and O–H groups in total. The highest BCUT2D eigenvalue weighted by Crippen LogP contribution is 2.24. The van der Waals surface area contributed by atoms with Crippen LogP contribution in [0.5, 0.6) is 0 Å². The molecule has 2 fully saturated rings. The second kappa shape index (κ2) is 4.33. The van der Waals surface area contributed by atoms with Crippen molar-refractivity contribution in [3.63, 3.8) is 0 Å². The van der Waals surface area contributed by atoms with Gasteiger partial charge < -0.3 is 10.0 Å². The van der Waals surface area contributed by atoms with Crippen LogP contribution in [-0.2, 0) is 14.6 Å². The molecule has 0 spiro atoms. The van der Waals surface area contributed by atoms with Crippen LogP contribution in [-0.4, -0.2) is 55.5 Å². The number of nitrogens with zero attached hydrogens (tertiary/aromatic N) is 1. The first-order chi connectivity index (χ1) is 7.50. The van der Waals surface area contributed by atoms with E-state index >= 15 is 0 Å². The summed E-state index contributed by atoms with van der Waals surface area (Å²) in [6.45, 7) is 1.37. The van der Waals surface area contributed by atoms with Crippen molar-refractivity contribution in [2.24, 2.45) is 11.8 Å². The predicted octanol–water partition coefficient (Wildman–Crippen LogP) is -0.738. The summed E-state index contributed by atoms with van der Waals surface area (Å²) in [5.74, 6) is 0.647. The molecular formula is C10H17NO4S. The first-order valence-corrected chi connectivity index (χ1v) is 7.41. The third-order valence-electron chi connectivity index (χ3n) is 3.36. The fourth-order valence-corrected chi connectivity index (χ4v) is 4.16. The van der Waals surface area contributed by atoms with E-state index < -0.39 is 9.84 Å². The molecule has 2 aliphatic rings. The molecule has 0 aromatic heterocycles. The van der Waals surface area contributed by atoms with Crippen LogP contribution in [0.2, 0.25) is 0 Å². The number of aliphatic hydroxyl groups is 1. The van der Waals surface area contributed by atoms with Crippen molar-refractivity contribution in [3.8, 4) is 0 Å². The number of rotatable bonds is 3. The van der Waals surface area contributed by atoms with Crippen molar-refractivity contribution in [1.82, 2.24) is 4.90 Å². The Kier molecular flexibility index (Phi) is 3.21. The van der Waals surface area contributed by atoms with Crippen molar-refractivity contribution >= 4 is 15.7 Å². The molecule has 2 aliphatic heterocycles. The van der Waals surface area contributed by atoms with Crippen LogP contribution >= 0.6 is 0 Å². The number of aliphatic hydroxyl groups excluding tert-OH is 1. The van der Waals surface area contributed by atoms with E-state index in [9.17, 15) is 13.2 Å². The van der Waals surface area contributed by atoms with Crippen LogP contribution in [0.15, 0.2) is 0 Å². The highest BCUT2D eigenvalue weighted by molar-refractivity contribution is 7.91. The number of carbonyl (C=O) groups is 1. The fraction of sp³-hybridized carbons (Fsp3) is 0.900. The zero-order chi connectivity index (χ0) is 11.8. The minimum atomic E-state index is -2.88. The molecule has 2 saturated heterocycles. The van der Waals surface area contributed by atoms with Gasteiger partial charge in [-0.25, -0.2) is 8.42 Å². The maximum absolute atomic E-state index is 11.7. The van der Waals surface area contributed by atoms with Gasteiger partial charge in [-0.15, -0.1) is 0 Å². The van der Waals surface area contributed by atoms with Gasteiger partial charge >= 0.3 is 0 Å². The van der Waals surface area contributed by atoms with E-state index in [2.05, 4.69) is 0 Å². The van der Waals surface area contributed by atoms with Gasteiger partial charge in [0.1, 0.15) is 0 Å². The summed E-state index contributed by atoms with van der Waals surface area (Å²) in [6, 6.07) is 0. The highest BCUT2D eigenvalue weighted by Gasteiger charge is 2.34. The summed E-state index contributed by atoms with van der Waals surface area (Å²) < 4.78 is 22.4. The van der Waals surface area contributed by atoms with Crippen LogP contribution in [0.4, 0.5) is 0 Å². The fourth-order valence-electron chi connectivity index (χ4n) is 2.30. The average molecular weight is 247 g/mol. The Morgan fingerprint density at radius 3 is 2.50 bits per heavy atom. The van der Waals surface area contributed by atoms with Crippen LogP contribution in [0.1, 0.15) is 12.8 Å². The molecule has 2 rings (SSSR count). The summed E-state index contributed by atoms with van der Waals surface area (Å²) in [5, 5.41) is 8.82. The lowest BCUT2D eigenvalue weighted by Crippen LogP contribution is -2.51. The molecule has 0 aromatic carbocycles. The van der Waals surface area contributed by atoms with Crippen LogP contribution < -0.4 is 0 Å². The number of sulfone groups is 1. The van der Waals surface area contributed by atoms with E-state index in [1.54, 1.807) is 4.90 Å². The predicted molar refractivity (Wildman–Crippen MR) is 58.5 cm³/mol. The molecule has 92 valence electrons. The summed E-state index contributed by atoms with van der Waals surface area (Å²) in [5.41, 5.74) is 0. The number of hydrogen-bond donors (Lipinski definition) is 1. The number of carbonyl (C=O) groups excluding carboxylic acids is 1. The molecule has 16 heavy (non-hydrogen) atoms. The van der Waals surface area contributed by atoms with Gasteiger partial charge in [0.15, 0.2) is 9.84 Å². The van der Waals surface area contributed by atoms with Crippen molar-refractivity contribution in [2.45, 2.75) is 12.8 Å². The van der Waals surface area contributed by atoms with Gasteiger partial charge in [-0.3, -0.25) is 4.79 Å².